The van der Waals surface area contributed by atoms with E-state index in [4.69, 9.17) is 4.74 Å². The zero-order valence-electron chi connectivity index (χ0n) is 9.26. The molecule has 0 atom stereocenters. The SMILES string of the molecule is C=C(OC)c1ccc(NC(C)=O)cc1C. The number of ether oxygens (including phenoxy) is 1. The molecule has 1 amide bonds. The van der Waals surface area contributed by atoms with Gasteiger partial charge in [-0.3, -0.25) is 4.79 Å². The molecule has 1 aromatic rings. The molecular weight excluding hydrogens is 190 g/mol. The van der Waals surface area contributed by atoms with Gasteiger partial charge in [-0.1, -0.05) is 6.58 Å². The van der Waals surface area contributed by atoms with E-state index in [1.807, 2.05) is 25.1 Å². The molecule has 0 bridgehead atoms. The van der Waals surface area contributed by atoms with Crippen molar-refractivity contribution in [2.45, 2.75) is 13.8 Å². The molecule has 0 fully saturated rings. The molecule has 0 aliphatic carbocycles. The molecule has 0 unspecified atom stereocenters. The Morgan fingerprint density at radius 1 is 1.47 bits per heavy atom. The standard InChI is InChI=1S/C12H15NO2/c1-8-7-11(13-10(3)14)5-6-12(8)9(2)15-4/h5-7H,2H2,1,3-4H3,(H,13,14). The molecule has 0 saturated heterocycles. The van der Waals surface area contributed by atoms with Crippen LogP contribution in [0.4, 0.5) is 5.69 Å². The summed E-state index contributed by atoms with van der Waals surface area (Å²) in [4.78, 5) is 10.8. The first kappa shape index (κ1) is 11.3. The van der Waals surface area contributed by atoms with E-state index in [1.165, 1.54) is 6.92 Å². The minimum atomic E-state index is -0.0762. The predicted molar refractivity (Wildman–Crippen MR) is 61.5 cm³/mol. The minimum absolute atomic E-state index is 0.0762. The van der Waals surface area contributed by atoms with Crippen molar-refractivity contribution in [1.29, 1.82) is 0 Å². The summed E-state index contributed by atoms with van der Waals surface area (Å²) in [5, 5.41) is 2.72. The van der Waals surface area contributed by atoms with Gasteiger partial charge in [0.2, 0.25) is 5.91 Å². The maximum Gasteiger partial charge on any atom is 0.221 e. The second-order valence-electron chi connectivity index (χ2n) is 3.34. The van der Waals surface area contributed by atoms with Crippen LogP contribution in [0.25, 0.3) is 5.76 Å². The lowest BCUT2D eigenvalue weighted by Crippen LogP contribution is -2.06. The Hall–Kier alpha value is -1.77. The van der Waals surface area contributed by atoms with Gasteiger partial charge in [-0.2, -0.15) is 0 Å². The first-order valence-electron chi connectivity index (χ1n) is 4.66. The second-order valence-corrected chi connectivity index (χ2v) is 3.34. The summed E-state index contributed by atoms with van der Waals surface area (Å²) in [6.45, 7) is 7.22. The van der Waals surface area contributed by atoms with Gasteiger partial charge < -0.3 is 10.1 Å². The van der Waals surface area contributed by atoms with Crippen molar-refractivity contribution >= 4 is 17.4 Å². The number of aryl methyl sites for hydroxylation is 1. The van der Waals surface area contributed by atoms with Gasteiger partial charge in [-0.05, 0) is 30.7 Å². The van der Waals surface area contributed by atoms with E-state index in [2.05, 4.69) is 11.9 Å². The normalized spacial score (nSPS) is 9.53. The number of methoxy groups -OCH3 is 1. The minimum Gasteiger partial charge on any atom is -0.497 e. The van der Waals surface area contributed by atoms with Gasteiger partial charge in [0.15, 0.2) is 0 Å². The summed E-state index contributed by atoms with van der Waals surface area (Å²) in [5.41, 5.74) is 2.76. The monoisotopic (exact) mass is 205 g/mol. The van der Waals surface area contributed by atoms with Crippen LogP contribution in [-0.2, 0) is 9.53 Å². The maximum atomic E-state index is 10.8. The van der Waals surface area contributed by atoms with E-state index in [9.17, 15) is 4.79 Å². The summed E-state index contributed by atoms with van der Waals surface area (Å²) < 4.78 is 5.06. The van der Waals surface area contributed by atoms with Crippen LogP contribution in [0.2, 0.25) is 0 Å². The van der Waals surface area contributed by atoms with Gasteiger partial charge >= 0.3 is 0 Å². The van der Waals surface area contributed by atoms with Crippen LogP contribution < -0.4 is 5.32 Å². The van der Waals surface area contributed by atoms with Crippen molar-refractivity contribution in [3.8, 4) is 0 Å². The van der Waals surface area contributed by atoms with E-state index in [0.717, 1.165) is 16.8 Å². The van der Waals surface area contributed by atoms with Gasteiger partial charge in [0.25, 0.3) is 0 Å². The first-order chi connectivity index (χ1) is 7.04. The smallest absolute Gasteiger partial charge is 0.221 e. The van der Waals surface area contributed by atoms with Crippen LogP contribution in [-0.4, -0.2) is 13.0 Å². The average Bonchev–Trinajstić information content (AvgIpc) is 2.16. The summed E-state index contributed by atoms with van der Waals surface area (Å²) in [7, 11) is 1.59. The van der Waals surface area contributed by atoms with Gasteiger partial charge in [-0.15, -0.1) is 0 Å². The van der Waals surface area contributed by atoms with Crippen LogP contribution >= 0.6 is 0 Å². The summed E-state index contributed by atoms with van der Waals surface area (Å²) >= 11 is 0. The fraction of sp³-hybridized carbons (Fsp3) is 0.250. The van der Waals surface area contributed by atoms with Gasteiger partial charge in [0.05, 0.1) is 7.11 Å². The lowest BCUT2D eigenvalue weighted by Gasteiger charge is -2.10. The maximum absolute atomic E-state index is 10.8. The first-order valence-corrected chi connectivity index (χ1v) is 4.66. The van der Waals surface area contributed by atoms with Gasteiger partial charge in [0, 0.05) is 18.2 Å². The number of rotatable bonds is 3. The fourth-order valence-electron chi connectivity index (χ4n) is 1.37. The van der Waals surface area contributed by atoms with Crippen molar-refractivity contribution in [1.82, 2.24) is 0 Å². The quantitative estimate of drug-likeness (QED) is 0.770. The zero-order chi connectivity index (χ0) is 11.4. The van der Waals surface area contributed by atoms with Crippen molar-refractivity contribution in [3.05, 3.63) is 35.9 Å². The summed E-state index contributed by atoms with van der Waals surface area (Å²) in [5.74, 6) is 0.551. The third kappa shape index (κ3) is 2.84. The highest BCUT2D eigenvalue weighted by molar-refractivity contribution is 5.89. The molecule has 0 radical (unpaired) electrons. The highest BCUT2D eigenvalue weighted by Crippen LogP contribution is 2.21. The van der Waals surface area contributed by atoms with Gasteiger partial charge in [0.1, 0.15) is 5.76 Å². The zero-order valence-corrected chi connectivity index (χ0v) is 9.26. The third-order valence-electron chi connectivity index (χ3n) is 2.09. The number of amides is 1. The van der Waals surface area contributed by atoms with Gasteiger partial charge in [-0.25, -0.2) is 0 Å². The molecule has 0 aromatic heterocycles. The molecule has 15 heavy (non-hydrogen) atoms. The molecule has 0 saturated carbocycles. The Kier molecular flexibility index (Phi) is 3.50. The summed E-state index contributed by atoms with van der Waals surface area (Å²) in [6.07, 6.45) is 0. The number of hydrogen-bond acceptors (Lipinski definition) is 2. The van der Waals surface area contributed by atoms with Crippen LogP contribution in [0.3, 0.4) is 0 Å². The molecule has 3 nitrogen and oxygen atoms in total. The number of carbonyl (C=O) groups excluding carboxylic acids is 1. The Balaban J connectivity index is 2.97. The largest absolute Gasteiger partial charge is 0.497 e. The molecular formula is C12H15NO2. The fourth-order valence-corrected chi connectivity index (χ4v) is 1.37. The second kappa shape index (κ2) is 4.64. The van der Waals surface area contributed by atoms with Crippen molar-refractivity contribution in [2.24, 2.45) is 0 Å². The van der Waals surface area contributed by atoms with Crippen LogP contribution in [0.15, 0.2) is 24.8 Å². The molecule has 0 heterocycles. The number of carbonyl (C=O) groups is 1. The van der Waals surface area contributed by atoms with Crippen LogP contribution in [0, 0.1) is 6.92 Å². The predicted octanol–water partition coefficient (Wildman–Crippen LogP) is 2.57. The molecule has 1 aromatic carbocycles. The van der Waals surface area contributed by atoms with E-state index in [1.54, 1.807) is 7.11 Å². The highest BCUT2D eigenvalue weighted by Gasteiger charge is 2.04. The number of anilines is 1. The molecule has 0 spiro atoms. The van der Waals surface area contributed by atoms with Crippen molar-refractivity contribution in [2.75, 3.05) is 12.4 Å². The molecule has 0 aliphatic heterocycles. The van der Waals surface area contributed by atoms with E-state index in [-0.39, 0.29) is 5.91 Å². The molecule has 1 N–H and O–H groups in total. The topological polar surface area (TPSA) is 38.3 Å². The average molecular weight is 205 g/mol. The van der Waals surface area contributed by atoms with Crippen LogP contribution in [0.5, 0.6) is 0 Å². The number of hydrogen-bond donors (Lipinski definition) is 1. The molecule has 0 aliphatic rings. The Morgan fingerprint density at radius 2 is 2.13 bits per heavy atom. The lowest BCUT2D eigenvalue weighted by atomic mass is 10.1. The number of benzene rings is 1. The Bertz CT molecular complexity index is 397. The molecule has 3 heteroatoms. The third-order valence-corrected chi connectivity index (χ3v) is 2.09. The molecule has 80 valence electrons. The Labute approximate surface area is 89.8 Å². The lowest BCUT2D eigenvalue weighted by molar-refractivity contribution is -0.114. The number of nitrogens with one attached hydrogen (secondary N) is 1. The van der Waals surface area contributed by atoms with E-state index >= 15 is 0 Å². The summed E-state index contributed by atoms with van der Waals surface area (Å²) in [6, 6.07) is 5.60. The van der Waals surface area contributed by atoms with E-state index in [0.29, 0.717) is 5.76 Å². The van der Waals surface area contributed by atoms with E-state index < -0.39 is 0 Å². The Morgan fingerprint density at radius 3 is 2.60 bits per heavy atom. The van der Waals surface area contributed by atoms with Crippen molar-refractivity contribution in [3.63, 3.8) is 0 Å². The molecule has 1 rings (SSSR count). The van der Waals surface area contributed by atoms with Crippen LogP contribution in [0.1, 0.15) is 18.1 Å². The van der Waals surface area contributed by atoms with Crippen molar-refractivity contribution < 1.29 is 9.53 Å². The highest BCUT2D eigenvalue weighted by atomic mass is 16.5.